The smallest absolute Gasteiger partial charge is 0.271 e. The number of thiazole rings is 1. The first kappa shape index (κ1) is 12.3. The summed E-state index contributed by atoms with van der Waals surface area (Å²) in [4.78, 5) is 29.0. The minimum atomic E-state index is -0.301. The summed E-state index contributed by atoms with van der Waals surface area (Å²) >= 11 is 1.38. The van der Waals surface area contributed by atoms with Gasteiger partial charge in [-0.2, -0.15) is 0 Å². The summed E-state index contributed by atoms with van der Waals surface area (Å²) in [5, 5.41) is 4.73. The molecule has 0 radical (unpaired) electrons. The molecular formula is C13H15N3O2S. The molecule has 1 amide bonds. The summed E-state index contributed by atoms with van der Waals surface area (Å²) < 4.78 is 1.42. The molecule has 2 aromatic rings. The zero-order valence-corrected chi connectivity index (χ0v) is 11.3. The van der Waals surface area contributed by atoms with Gasteiger partial charge in [-0.15, -0.1) is 11.3 Å². The van der Waals surface area contributed by atoms with E-state index in [9.17, 15) is 9.59 Å². The van der Waals surface area contributed by atoms with E-state index in [1.807, 2.05) is 0 Å². The van der Waals surface area contributed by atoms with Crippen molar-refractivity contribution in [3.05, 3.63) is 33.7 Å². The molecule has 1 fully saturated rings. The molecule has 0 atom stereocenters. The van der Waals surface area contributed by atoms with E-state index >= 15 is 0 Å². The van der Waals surface area contributed by atoms with Crippen LogP contribution in [0.3, 0.4) is 0 Å². The highest BCUT2D eigenvalue weighted by Gasteiger charge is 2.19. The molecule has 5 nitrogen and oxygen atoms in total. The third kappa shape index (κ3) is 2.40. The number of amides is 1. The second kappa shape index (κ2) is 5.13. The fraction of sp³-hybridized carbons (Fsp3) is 0.462. The molecule has 19 heavy (non-hydrogen) atoms. The van der Waals surface area contributed by atoms with Crippen LogP contribution in [0.2, 0.25) is 0 Å². The predicted molar refractivity (Wildman–Crippen MR) is 73.7 cm³/mol. The van der Waals surface area contributed by atoms with Crippen molar-refractivity contribution in [2.75, 3.05) is 0 Å². The first-order valence-electron chi connectivity index (χ1n) is 6.51. The Labute approximate surface area is 114 Å². The highest BCUT2D eigenvalue weighted by Crippen LogP contribution is 2.17. The topological polar surface area (TPSA) is 63.5 Å². The monoisotopic (exact) mass is 277 g/mol. The van der Waals surface area contributed by atoms with Crippen LogP contribution in [-0.2, 0) is 0 Å². The van der Waals surface area contributed by atoms with Gasteiger partial charge >= 0.3 is 0 Å². The molecule has 1 saturated carbocycles. The number of nitrogens with zero attached hydrogens (tertiary/aromatic N) is 2. The molecule has 0 aromatic carbocycles. The molecule has 2 heterocycles. The summed E-state index contributed by atoms with van der Waals surface area (Å²) in [6, 6.07) is 0.198. The molecule has 0 spiro atoms. The first-order valence-corrected chi connectivity index (χ1v) is 7.39. The van der Waals surface area contributed by atoms with Gasteiger partial charge in [-0.3, -0.25) is 14.0 Å². The summed E-state index contributed by atoms with van der Waals surface area (Å²) in [5.74, 6) is -0.301. The largest absolute Gasteiger partial charge is 0.349 e. The summed E-state index contributed by atoms with van der Waals surface area (Å²) in [5.41, 5.74) is -0.166. The van der Waals surface area contributed by atoms with Gasteiger partial charge in [0.05, 0.1) is 0 Å². The maximum Gasteiger partial charge on any atom is 0.271 e. The van der Waals surface area contributed by atoms with Crippen molar-refractivity contribution in [1.29, 1.82) is 0 Å². The molecule has 6 heteroatoms. The Balaban J connectivity index is 1.84. The Hall–Kier alpha value is -1.69. The normalized spacial score (nSPS) is 16.6. The standard InChI is InChI=1S/C13H15N3O2S/c17-11(15-9-4-2-1-3-5-9)10-8-14-13-16(12(10)18)6-7-19-13/h6-9H,1-5H2,(H,15,17). The molecule has 0 bridgehead atoms. The van der Waals surface area contributed by atoms with Gasteiger partial charge in [-0.1, -0.05) is 19.3 Å². The Kier molecular flexibility index (Phi) is 3.33. The van der Waals surface area contributed by atoms with Crippen molar-refractivity contribution in [1.82, 2.24) is 14.7 Å². The average Bonchev–Trinajstić information content (AvgIpc) is 2.89. The number of rotatable bonds is 2. The summed E-state index contributed by atoms with van der Waals surface area (Å²) in [7, 11) is 0. The Morgan fingerprint density at radius 1 is 1.37 bits per heavy atom. The fourth-order valence-electron chi connectivity index (χ4n) is 2.49. The van der Waals surface area contributed by atoms with Crippen molar-refractivity contribution >= 4 is 22.2 Å². The maximum absolute atomic E-state index is 12.1. The molecule has 0 aliphatic heterocycles. The van der Waals surface area contributed by atoms with Crippen LogP contribution in [0.5, 0.6) is 0 Å². The van der Waals surface area contributed by atoms with Crippen molar-refractivity contribution in [2.24, 2.45) is 0 Å². The van der Waals surface area contributed by atoms with Crippen LogP contribution in [-0.4, -0.2) is 21.3 Å². The molecule has 3 rings (SSSR count). The van der Waals surface area contributed by atoms with Crippen LogP contribution in [0.4, 0.5) is 0 Å². The third-order valence-electron chi connectivity index (χ3n) is 3.53. The van der Waals surface area contributed by atoms with Crippen molar-refractivity contribution in [3.63, 3.8) is 0 Å². The van der Waals surface area contributed by atoms with Crippen LogP contribution in [0.25, 0.3) is 4.96 Å². The lowest BCUT2D eigenvalue weighted by atomic mass is 9.95. The van der Waals surface area contributed by atoms with Crippen LogP contribution in [0, 0.1) is 0 Å². The van der Waals surface area contributed by atoms with Gasteiger partial charge in [0.1, 0.15) is 5.56 Å². The number of carbonyl (C=O) groups is 1. The van der Waals surface area contributed by atoms with E-state index in [2.05, 4.69) is 10.3 Å². The predicted octanol–water partition coefficient (Wildman–Crippen LogP) is 1.82. The lowest BCUT2D eigenvalue weighted by Gasteiger charge is -2.22. The summed E-state index contributed by atoms with van der Waals surface area (Å²) in [6.45, 7) is 0. The molecule has 2 aromatic heterocycles. The molecule has 1 aliphatic rings. The minimum absolute atomic E-state index is 0.126. The fourth-order valence-corrected chi connectivity index (χ4v) is 3.17. The Morgan fingerprint density at radius 2 is 2.16 bits per heavy atom. The Morgan fingerprint density at radius 3 is 2.95 bits per heavy atom. The maximum atomic E-state index is 12.1. The van der Waals surface area contributed by atoms with Crippen LogP contribution < -0.4 is 10.9 Å². The lowest BCUT2D eigenvalue weighted by molar-refractivity contribution is 0.0925. The van der Waals surface area contributed by atoms with Crippen LogP contribution in [0.15, 0.2) is 22.6 Å². The number of fused-ring (bicyclic) bond motifs is 1. The highest BCUT2D eigenvalue weighted by molar-refractivity contribution is 7.15. The quantitative estimate of drug-likeness (QED) is 0.910. The third-order valence-corrected chi connectivity index (χ3v) is 4.30. The summed E-state index contributed by atoms with van der Waals surface area (Å²) in [6.07, 6.45) is 8.55. The van der Waals surface area contributed by atoms with Gasteiger partial charge in [0.2, 0.25) is 0 Å². The van der Waals surface area contributed by atoms with Crippen LogP contribution >= 0.6 is 11.3 Å². The molecular weight excluding hydrogens is 262 g/mol. The molecule has 1 N–H and O–H groups in total. The molecule has 0 unspecified atom stereocenters. The highest BCUT2D eigenvalue weighted by atomic mass is 32.1. The van der Waals surface area contributed by atoms with Gasteiger partial charge in [0, 0.05) is 23.8 Å². The van der Waals surface area contributed by atoms with Gasteiger partial charge in [0.25, 0.3) is 11.5 Å². The number of nitrogens with one attached hydrogen (secondary N) is 1. The first-order chi connectivity index (χ1) is 9.25. The lowest BCUT2D eigenvalue weighted by Crippen LogP contribution is -2.39. The molecule has 100 valence electrons. The molecule has 0 saturated heterocycles. The minimum Gasteiger partial charge on any atom is -0.349 e. The van der Waals surface area contributed by atoms with Crippen molar-refractivity contribution in [3.8, 4) is 0 Å². The van der Waals surface area contributed by atoms with Crippen LogP contribution in [0.1, 0.15) is 42.5 Å². The van der Waals surface area contributed by atoms with Gasteiger partial charge < -0.3 is 5.32 Å². The van der Waals surface area contributed by atoms with E-state index in [1.54, 1.807) is 11.6 Å². The second-order valence-corrected chi connectivity index (χ2v) is 5.71. The second-order valence-electron chi connectivity index (χ2n) is 4.84. The Bertz CT molecular complexity index is 655. The number of hydrogen-bond acceptors (Lipinski definition) is 4. The number of hydrogen-bond donors (Lipinski definition) is 1. The van der Waals surface area contributed by atoms with Crippen molar-refractivity contribution < 1.29 is 4.79 Å². The van der Waals surface area contributed by atoms with Gasteiger partial charge in [-0.05, 0) is 12.8 Å². The van der Waals surface area contributed by atoms with E-state index < -0.39 is 0 Å². The van der Waals surface area contributed by atoms with Crippen molar-refractivity contribution in [2.45, 2.75) is 38.1 Å². The zero-order chi connectivity index (χ0) is 13.2. The zero-order valence-electron chi connectivity index (χ0n) is 10.5. The van der Waals surface area contributed by atoms with Gasteiger partial charge in [-0.25, -0.2) is 4.98 Å². The van der Waals surface area contributed by atoms with E-state index in [0.717, 1.165) is 25.7 Å². The van der Waals surface area contributed by atoms with E-state index in [4.69, 9.17) is 0 Å². The van der Waals surface area contributed by atoms with E-state index in [1.165, 1.54) is 28.4 Å². The van der Waals surface area contributed by atoms with E-state index in [0.29, 0.717) is 4.96 Å². The number of carbonyl (C=O) groups excluding carboxylic acids is 1. The van der Waals surface area contributed by atoms with Gasteiger partial charge in [0.15, 0.2) is 4.96 Å². The number of aromatic nitrogens is 2. The average molecular weight is 277 g/mol. The molecule has 1 aliphatic carbocycles. The van der Waals surface area contributed by atoms with E-state index in [-0.39, 0.29) is 23.1 Å². The SMILES string of the molecule is O=C(NC1CCCCC1)c1cnc2sccn2c1=O.